The summed E-state index contributed by atoms with van der Waals surface area (Å²) in [4.78, 5) is 24.4. The van der Waals surface area contributed by atoms with Crippen molar-refractivity contribution in [2.75, 3.05) is 13.2 Å². The number of rotatable bonds is 8. The molecule has 0 atom stereocenters. The fraction of sp³-hybridized carbons (Fsp3) is 0.273. The number of halogens is 1. The topological polar surface area (TPSA) is 73.5 Å². The average molecular weight is 415 g/mol. The van der Waals surface area contributed by atoms with Gasteiger partial charge >= 0.3 is 5.97 Å². The lowest BCUT2D eigenvalue weighted by Gasteiger charge is -2.09. The van der Waals surface area contributed by atoms with Crippen molar-refractivity contribution in [2.24, 2.45) is 0 Å². The Kier molecular flexibility index (Phi) is 6.77. The van der Waals surface area contributed by atoms with Gasteiger partial charge < -0.3 is 19.0 Å². The summed E-state index contributed by atoms with van der Waals surface area (Å²) in [5.74, 6) is -0.0654. The second kappa shape index (κ2) is 9.47. The van der Waals surface area contributed by atoms with E-state index in [0.717, 1.165) is 22.7 Å². The summed E-state index contributed by atoms with van der Waals surface area (Å²) in [6.45, 7) is 4.40. The van der Waals surface area contributed by atoms with E-state index in [9.17, 15) is 9.59 Å². The Balaban J connectivity index is 1.49. The molecule has 7 heteroatoms. The van der Waals surface area contributed by atoms with Gasteiger partial charge in [-0.05, 0) is 56.2 Å². The predicted molar refractivity (Wildman–Crippen MR) is 110 cm³/mol. The summed E-state index contributed by atoms with van der Waals surface area (Å²) in [5.41, 5.74) is 3.15. The number of benzene rings is 1. The van der Waals surface area contributed by atoms with Crippen molar-refractivity contribution >= 4 is 23.5 Å². The molecular weight excluding hydrogens is 392 g/mol. The number of carbonyl (C=O) groups excluding carboxylic acids is 2. The summed E-state index contributed by atoms with van der Waals surface area (Å²) in [7, 11) is 0. The third-order valence-corrected chi connectivity index (χ3v) is 4.88. The Morgan fingerprint density at radius 1 is 1.17 bits per heavy atom. The van der Waals surface area contributed by atoms with Crippen LogP contribution < -0.4 is 5.32 Å². The molecule has 1 N–H and O–H groups in total. The molecular formula is C22H23ClN2O4. The zero-order valence-electron chi connectivity index (χ0n) is 16.4. The molecule has 3 aromatic rings. The molecule has 0 aliphatic rings. The van der Waals surface area contributed by atoms with Gasteiger partial charge in [0.15, 0.2) is 6.61 Å². The van der Waals surface area contributed by atoms with Crippen LogP contribution in [-0.4, -0.2) is 29.6 Å². The Bertz CT molecular complexity index is 992. The molecule has 1 amide bonds. The molecule has 29 heavy (non-hydrogen) atoms. The number of carbonyl (C=O) groups is 2. The minimum absolute atomic E-state index is 0.323. The molecule has 0 unspecified atom stereocenters. The van der Waals surface area contributed by atoms with Gasteiger partial charge in [-0.1, -0.05) is 23.7 Å². The van der Waals surface area contributed by atoms with Gasteiger partial charge in [0, 0.05) is 23.0 Å². The Morgan fingerprint density at radius 2 is 2.00 bits per heavy atom. The van der Waals surface area contributed by atoms with Crippen molar-refractivity contribution in [3.63, 3.8) is 0 Å². The third kappa shape index (κ3) is 5.51. The Hall–Kier alpha value is -2.99. The average Bonchev–Trinajstić information content (AvgIpc) is 3.30. The number of nitrogens with zero attached hydrogens (tertiary/aromatic N) is 1. The van der Waals surface area contributed by atoms with Crippen molar-refractivity contribution in [3.05, 3.63) is 82.0 Å². The van der Waals surface area contributed by atoms with E-state index in [0.29, 0.717) is 30.1 Å². The van der Waals surface area contributed by atoms with Crippen molar-refractivity contribution in [3.8, 4) is 0 Å². The summed E-state index contributed by atoms with van der Waals surface area (Å²) in [5, 5.41) is 3.40. The molecule has 152 valence electrons. The van der Waals surface area contributed by atoms with Gasteiger partial charge in [0.25, 0.3) is 5.91 Å². The van der Waals surface area contributed by atoms with Crippen LogP contribution in [0.2, 0.25) is 5.02 Å². The van der Waals surface area contributed by atoms with E-state index in [2.05, 4.69) is 5.32 Å². The number of ether oxygens (including phenoxy) is 1. The second-order valence-corrected chi connectivity index (χ2v) is 7.19. The first-order chi connectivity index (χ1) is 13.9. The number of esters is 1. The molecule has 3 rings (SSSR count). The highest BCUT2D eigenvalue weighted by atomic mass is 35.5. The summed E-state index contributed by atoms with van der Waals surface area (Å²) < 4.78 is 12.5. The van der Waals surface area contributed by atoms with Crippen molar-refractivity contribution in [1.29, 1.82) is 0 Å². The van der Waals surface area contributed by atoms with Gasteiger partial charge in [-0.25, -0.2) is 4.79 Å². The number of nitrogens with one attached hydrogen (secondary N) is 1. The summed E-state index contributed by atoms with van der Waals surface area (Å²) in [6, 6.07) is 12.9. The van der Waals surface area contributed by atoms with Crippen LogP contribution in [0.5, 0.6) is 0 Å². The van der Waals surface area contributed by atoms with Crippen molar-refractivity contribution in [2.45, 2.75) is 26.8 Å². The second-order valence-electron chi connectivity index (χ2n) is 6.76. The highest BCUT2D eigenvalue weighted by Crippen LogP contribution is 2.18. The number of hydrogen-bond donors (Lipinski definition) is 1. The molecule has 2 heterocycles. The highest BCUT2D eigenvalue weighted by Gasteiger charge is 2.18. The molecule has 2 aromatic heterocycles. The fourth-order valence-corrected chi connectivity index (χ4v) is 3.32. The van der Waals surface area contributed by atoms with E-state index in [1.54, 1.807) is 18.4 Å². The minimum atomic E-state index is -0.520. The van der Waals surface area contributed by atoms with E-state index >= 15 is 0 Å². The summed E-state index contributed by atoms with van der Waals surface area (Å²) in [6.07, 6.45) is 2.26. The van der Waals surface area contributed by atoms with Crippen LogP contribution in [0.4, 0.5) is 0 Å². The lowest BCUT2D eigenvalue weighted by atomic mass is 10.1. The highest BCUT2D eigenvalue weighted by molar-refractivity contribution is 6.30. The van der Waals surface area contributed by atoms with Gasteiger partial charge in [-0.2, -0.15) is 0 Å². The molecule has 0 saturated heterocycles. The first kappa shape index (κ1) is 20.7. The SMILES string of the molecule is Cc1cc(C(=O)OCC(=O)NCCc2cccc(Cl)c2)c(C)n1Cc1ccco1. The summed E-state index contributed by atoms with van der Waals surface area (Å²) >= 11 is 5.94. The van der Waals surface area contributed by atoms with Crippen LogP contribution in [-0.2, 0) is 22.5 Å². The molecule has 0 radical (unpaired) electrons. The number of aromatic nitrogens is 1. The van der Waals surface area contributed by atoms with Gasteiger partial charge in [0.2, 0.25) is 0 Å². The molecule has 0 fully saturated rings. The van der Waals surface area contributed by atoms with Crippen molar-refractivity contribution in [1.82, 2.24) is 9.88 Å². The first-order valence-corrected chi connectivity index (χ1v) is 9.69. The molecule has 0 aliphatic heterocycles. The Morgan fingerprint density at radius 3 is 2.72 bits per heavy atom. The Labute approximate surface area is 174 Å². The number of hydrogen-bond acceptors (Lipinski definition) is 4. The quantitative estimate of drug-likeness (QED) is 0.567. The number of furan rings is 1. The monoisotopic (exact) mass is 414 g/mol. The molecule has 0 spiro atoms. The van der Waals surface area contributed by atoms with Gasteiger partial charge in [0.1, 0.15) is 5.76 Å². The number of amides is 1. The maximum absolute atomic E-state index is 12.4. The lowest BCUT2D eigenvalue weighted by Crippen LogP contribution is -2.30. The van der Waals surface area contributed by atoms with Gasteiger partial charge in [0.05, 0.1) is 18.4 Å². The zero-order valence-corrected chi connectivity index (χ0v) is 17.2. The molecule has 0 bridgehead atoms. The molecule has 0 aliphatic carbocycles. The lowest BCUT2D eigenvalue weighted by molar-refractivity contribution is -0.124. The van der Waals surface area contributed by atoms with Crippen LogP contribution in [0, 0.1) is 13.8 Å². The molecule has 6 nitrogen and oxygen atoms in total. The van der Waals surface area contributed by atoms with E-state index in [1.807, 2.05) is 48.7 Å². The normalized spacial score (nSPS) is 10.7. The minimum Gasteiger partial charge on any atom is -0.467 e. The number of aryl methyl sites for hydroxylation is 1. The van der Waals surface area contributed by atoms with Crippen LogP contribution in [0.3, 0.4) is 0 Å². The largest absolute Gasteiger partial charge is 0.467 e. The zero-order chi connectivity index (χ0) is 20.8. The van der Waals surface area contributed by atoms with Gasteiger partial charge in [-0.15, -0.1) is 0 Å². The maximum atomic E-state index is 12.4. The van der Waals surface area contributed by atoms with Crippen LogP contribution in [0.15, 0.2) is 53.1 Å². The first-order valence-electron chi connectivity index (χ1n) is 9.31. The predicted octanol–water partition coefficient (Wildman–Crippen LogP) is 3.92. The molecule has 0 saturated carbocycles. The fourth-order valence-electron chi connectivity index (χ4n) is 3.11. The molecule has 1 aromatic carbocycles. The van der Waals surface area contributed by atoms with Crippen molar-refractivity contribution < 1.29 is 18.7 Å². The smallest absolute Gasteiger partial charge is 0.340 e. The van der Waals surface area contributed by atoms with E-state index in [1.165, 1.54) is 0 Å². The third-order valence-electron chi connectivity index (χ3n) is 4.65. The maximum Gasteiger partial charge on any atom is 0.340 e. The van der Waals surface area contributed by atoms with Crippen LogP contribution >= 0.6 is 11.6 Å². The standard InChI is InChI=1S/C22H23ClN2O4/c1-15-11-20(16(2)25(15)13-19-7-4-10-28-19)22(27)29-14-21(26)24-9-8-17-5-3-6-18(23)12-17/h3-7,10-12H,8-9,13-14H2,1-2H3,(H,24,26). The van der Waals surface area contributed by atoms with Crippen LogP contribution in [0.25, 0.3) is 0 Å². The van der Waals surface area contributed by atoms with E-state index < -0.39 is 5.97 Å². The van der Waals surface area contributed by atoms with Gasteiger partial charge in [-0.3, -0.25) is 4.79 Å². The van der Waals surface area contributed by atoms with Crippen LogP contribution in [0.1, 0.15) is 33.1 Å². The van der Waals surface area contributed by atoms with E-state index in [-0.39, 0.29) is 12.5 Å². The van der Waals surface area contributed by atoms with E-state index in [4.69, 9.17) is 20.8 Å².